The Balaban J connectivity index is 1.82. The van der Waals surface area contributed by atoms with Crippen LogP contribution in [0.5, 0.6) is 11.5 Å². The number of hydrogen-bond donors (Lipinski definition) is 0. The molecule has 0 aliphatic carbocycles. The van der Waals surface area contributed by atoms with Gasteiger partial charge in [0.15, 0.2) is 0 Å². The Morgan fingerprint density at radius 2 is 1.19 bits per heavy atom. The van der Waals surface area contributed by atoms with Gasteiger partial charge in [0.25, 0.3) is 0 Å². The molecule has 0 atom stereocenters. The summed E-state index contributed by atoms with van der Waals surface area (Å²) in [5.74, 6) is 1.68. The van der Waals surface area contributed by atoms with Crippen LogP contribution in [0.1, 0.15) is 0 Å². The van der Waals surface area contributed by atoms with Crippen LogP contribution >= 0.6 is 7.26 Å². The minimum Gasteiger partial charge on any atom is -0.497 e. The van der Waals surface area contributed by atoms with Crippen molar-refractivity contribution in [1.82, 2.24) is 14.1 Å². The number of fused-ring (bicyclic) bond motifs is 2. The summed E-state index contributed by atoms with van der Waals surface area (Å²) >= 11 is 0. The summed E-state index contributed by atoms with van der Waals surface area (Å²) in [6.45, 7) is 0. The third-order valence-corrected chi connectivity index (χ3v) is 11.7. The molecule has 0 spiro atoms. The summed E-state index contributed by atoms with van der Waals surface area (Å²) in [5.41, 5.74) is 2.19. The van der Waals surface area contributed by atoms with Crippen LogP contribution in [0.2, 0.25) is 0 Å². The van der Waals surface area contributed by atoms with Crippen molar-refractivity contribution in [1.29, 1.82) is 0 Å². The summed E-state index contributed by atoms with van der Waals surface area (Å²) in [6.07, 6.45) is 6.20. The number of rotatable bonds is 6. The van der Waals surface area contributed by atoms with E-state index >= 15 is 0 Å². The molecule has 0 aliphatic heterocycles. The minimum absolute atomic E-state index is 0.842. The maximum absolute atomic E-state index is 5.56. The first-order chi connectivity index (χ1) is 18.1. The molecule has 6 rings (SSSR count). The van der Waals surface area contributed by atoms with E-state index < -0.39 is 7.26 Å². The molecule has 0 unspecified atom stereocenters. The zero-order valence-corrected chi connectivity index (χ0v) is 22.3. The van der Waals surface area contributed by atoms with Crippen molar-refractivity contribution in [3.63, 3.8) is 0 Å². The number of benzene rings is 3. The zero-order chi connectivity index (χ0) is 25.6. The lowest BCUT2D eigenvalue weighted by Gasteiger charge is -2.29. The molecule has 0 saturated carbocycles. The number of pyridine rings is 1. The van der Waals surface area contributed by atoms with Crippen molar-refractivity contribution in [3.8, 4) is 11.5 Å². The van der Waals surface area contributed by atoms with Crippen molar-refractivity contribution in [3.05, 3.63) is 104 Å². The van der Waals surface area contributed by atoms with Gasteiger partial charge in [-0.25, -0.2) is 4.98 Å². The van der Waals surface area contributed by atoms with Gasteiger partial charge in [0.2, 0.25) is 0 Å². The maximum Gasteiger partial charge on any atom is 0.145 e. The van der Waals surface area contributed by atoms with Gasteiger partial charge in [-0.3, -0.25) is 0 Å². The topological polar surface area (TPSA) is 41.2 Å². The van der Waals surface area contributed by atoms with Crippen molar-refractivity contribution < 1.29 is 9.47 Å². The first kappa shape index (κ1) is 23.3. The highest BCUT2D eigenvalue weighted by Gasteiger charge is 2.50. The Morgan fingerprint density at radius 1 is 0.622 bits per heavy atom. The standard InChI is InChI=1S/C31H29N3O2P/c1-33-20-17-26-28(33)6-5-7-29(26)37(24-12-8-22(35-3)9-13-24,25-14-10-23(36-4)11-15-25)30-16-19-32-31-27(30)18-21-34(31)2/h5-21H,1-4H3/q+1. The fourth-order valence-corrected chi connectivity index (χ4v) is 10.0. The third-order valence-electron chi connectivity index (χ3n) is 7.29. The molecule has 0 fully saturated rings. The van der Waals surface area contributed by atoms with Crippen LogP contribution in [0.3, 0.4) is 0 Å². The normalized spacial score (nSPS) is 11.8. The number of methoxy groups -OCH3 is 2. The zero-order valence-electron chi connectivity index (χ0n) is 21.4. The van der Waals surface area contributed by atoms with E-state index in [-0.39, 0.29) is 0 Å². The van der Waals surface area contributed by atoms with Crippen LogP contribution in [-0.4, -0.2) is 28.3 Å². The minimum atomic E-state index is -2.41. The lowest BCUT2D eigenvalue weighted by atomic mass is 10.2. The van der Waals surface area contributed by atoms with Crippen LogP contribution in [0.25, 0.3) is 21.9 Å². The van der Waals surface area contributed by atoms with Gasteiger partial charge in [0.05, 0.1) is 25.1 Å². The van der Waals surface area contributed by atoms with Crippen LogP contribution in [0.15, 0.2) is 104 Å². The Hall–Kier alpha value is -4.08. The second kappa shape index (κ2) is 9.10. The van der Waals surface area contributed by atoms with Gasteiger partial charge in [-0.2, -0.15) is 0 Å². The average Bonchev–Trinajstić information content (AvgIpc) is 3.53. The van der Waals surface area contributed by atoms with E-state index in [1.807, 2.05) is 6.20 Å². The smallest absolute Gasteiger partial charge is 0.145 e. The van der Waals surface area contributed by atoms with Gasteiger partial charge >= 0.3 is 0 Å². The lowest BCUT2D eigenvalue weighted by Crippen LogP contribution is -2.39. The van der Waals surface area contributed by atoms with Gasteiger partial charge in [-0.15, -0.1) is 0 Å². The molecule has 3 heterocycles. The van der Waals surface area contributed by atoms with Gasteiger partial charge < -0.3 is 18.6 Å². The highest BCUT2D eigenvalue weighted by Crippen LogP contribution is 2.57. The maximum atomic E-state index is 5.56. The highest BCUT2D eigenvalue weighted by atomic mass is 31.2. The first-order valence-electron chi connectivity index (χ1n) is 12.2. The molecule has 5 nitrogen and oxygen atoms in total. The molecule has 3 aromatic heterocycles. The number of ether oxygens (including phenoxy) is 2. The Labute approximate surface area is 217 Å². The van der Waals surface area contributed by atoms with Gasteiger partial charge in [-0.05, 0) is 72.8 Å². The number of nitrogens with zero attached hydrogens (tertiary/aromatic N) is 3. The van der Waals surface area contributed by atoms with Crippen LogP contribution < -0.4 is 30.7 Å². The van der Waals surface area contributed by atoms with Crippen LogP contribution in [-0.2, 0) is 14.1 Å². The summed E-state index contributed by atoms with van der Waals surface area (Å²) in [4.78, 5) is 4.75. The number of aryl methyl sites for hydroxylation is 2. The Bertz CT molecular complexity index is 1590. The predicted octanol–water partition coefficient (Wildman–Crippen LogP) is 4.70. The molecule has 3 aromatic carbocycles. The fourth-order valence-electron chi connectivity index (χ4n) is 5.47. The molecule has 0 saturated heterocycles. The van der Waals surface area contributed by atoms with Crippen LogP contribution in [0.4, 0.5) is 0 Å². The molecule has 0 aliphatic rings. The number of hydrogen-bond acceptors (Lipinski definition) is 3. The first-order valence-corrected chi connectivity index (χ1v) is 14.0. The Morgan fingerprint density at radius 3 is 1.81 bits per heavy atom. The molecule has 0 bridgehead atoms. The summed E-state index contributed by atoms with van der Waals surface area (Å²) in [7, 11) is 5.17. The largest absolute Gasteiger partial charge is 0.497 e. The SMILES string of the molecule is COc1ccc([P+](c2ccc(OC)cc2)(c2cccc3c2ccn3C)c2ccnc3c2ccn3C)cc1. The van der Waals surface area contributed by atoms with Gasteiger partial charge in [0.1, 0.15) is 45.6 Å². The van der Waals surface area contributed by atoms with E-state index in [2.05, 4.69) is 121 Å². The van der Waals surface area contributed by atoms with Crippen molar-refractivity contribution in [2.75, 3.05) is 14.2 Å². The average molecular weight is 507 g/mol. The summed E-state index contributed by atoms with van der Waals surface area (Å²) in [5, 5.41) is 7.53. The van der Waals surface area contributed by atoms with E-state index in [9.17, 15) is 0 Å². The van der Waals surface area contributed by atoms with Crippen molar-refractivity contribution >= 4 is 50.4 Å². The summed E-state index contributed by atoms with van der Waals surface area (Å²) in [6, 6.07) is 30.5. The quantitative estimate of drug-likeness (QED) is 0.308. The monoisotopic (exact) mass is 506 g/mol. The second-order valence-electron chi connectivity index (χ2n) is 9.20. The molecule has 6 aromatic rings. The predicted molar refractivity (Wildman–Crippen MR) is 155 cm³/mol. The van der Waals surface area contributed by atoms with Crippen LogP contribution in [0, 0.1) is 0 Å². The number of aromatic nitrogens is 3. The van der Waals surface area contributed by atoms with Gasteiger partial charge in [-0.1, -0.05) is 6.07 Å². The van der Waals surface area contributed by atoms with E-state index in [1.54, 1.807) is 14.2 Å². The molecular weight excluding hydrogens is 477 g/mol. The second-order valence-corrected chi connectivity index (χ2v) is 12.5. The van der Waals surface area contributed by atoms with Crippen molar-refractivity contribution in [2.24, 2.45) is 14.1 Å². The molecule has 0 radical (unpaired) electrons. The third kappa shape index (κ3) is 3.53. The van der Waals surface area contributed by atoms with E-state index in [4.69, 9.17) is 14.5 Å². The summed E-state index contributed by atoms with van der Waals surface area (Å²) < 4.78 is 15.4. The Kier molecular flexibility index (Phi) is 5.73. The van der Waals surface area contributed by atoms with E-state index in [1.165, 1.54) is 32.1 Å². The fraction of sp³-hybridized carbons (Fsp3) is 0.129. The molecule has 6 heteroatoms. The highest BCUT2D eigenvalue weighted by molar-refractivity contribution is 8.02. The van der Waals surface area contributed by atoms with Crippen molar-refractivity contribution in [2.45, 2.75) is 0 Å². The van der Waals surface area contributed by atoms with E-state index in [0.29, 0.717) is 0 Å². The van der Waals surface area contributed by atoms with E-state index in [0.717, 1.165) is 22.5 Å². The van der Waals surface area contributed by atoms with Gasteiger partial charge in [0, 0.05) is 44.1 Å². The molecular formula is C31H29N3O2P+. The lowest BCUT2D eigenvalue weighted by molar-refractivity contribution is 0.415. The molecule has 0 N–H and O–H groups in total. The molecule has 0 amide bonds. The molecule has 184 valence electrons. The molecule has 37 heavy (non-hydrogen) atoms.